The van der Waals surface area contributed by atoms with Gasteiger partial charge in [-0.3, -0.25) is 14.4 Å². The summed E-state index contributed by atoms with van der Waals surface area (Å²) in [6.45, 7) is 8.51. The first kappa shape index (κ1) is 42.1. The lowest BCUT2D eigenvalue weighted by Gasteiger charge is -2.30. The number of hydrogen-bond acceptors (Lipinski definition) is 9. The van der Waals surface area contributed by atoms with E-state index >= 15 is 0 Å². The fourth-order valence-electron chi connectivity index (χ4n) is 10.2. The van der Waals surface area contributed by atoms with E-state index in [0.29, 0.717) is 43.5 Å². The molecule has 0 aromatic heterocycles. The number of benzene rings is 3. The van der Waals surface area contributed by atoms with Crippen molar-refractivity contribution in [3.8, 4) is 22.3 Å². The highest BCUT2D eigenvalue weighted by molar-refractivity contribution is 5.99. The third-order valence-electron chi connectivity index (χ3n) is 13.4. The Morgan fingerprint density at radius 3 is 1.77 bits per heavy atom. The number of epoxide rings is 1. The Hall–Kier alpha value is -5.63. The molecule has 324 valence electrons. The molecule has 3 aromatic rings. The lowest BCUT2D eigenvalue weighted by molar-refractivity contribution is -0.139. The first-order valence-electron chi connectivity index (χ1n) is 21.8. The van der Waals surface area contributed by atoms with Gasteiger partial charge in [-0.2, -0.15) is 0 Å². The highest BCUT2D eigenvalue weighted by Crippen LogP contribution is 2.58. The van der Waals surface area contributed by atoms with Crippen LogP contribution in [0.15, 0.2) is 60.7 Å². The van der Waals surface area contributed by atoms with Crippen LogP contribution in [0, 0.1) is 11.8 Å². The Morgan fingerprint density at radius 1 is 0.689 bits per heavy atom. The van der Waals surface area contributed by atoms with Gasteiger partial charge in [0, 0.05) is 30.9 Å². The first-order chi connectivity index (χ1) is 29.3. The summed E-state index contributed by atoms with van der Waals surface area (Å²) in [5.41, 5.74) is 8.41. The van der Waals surface area contributed by atoms with Crippen molar-refractivity contribution in [3.05, 3.63) is 71.8 Å². The average molecular weight is 835 g/mol. The standard InChI is InChI=1S/C47H58N6O8/c1-26(2)39(50-45(57)59-5)42(55)52-23-7-9-36(52)41(54)48-32-16-12-28(13-17-32)34-20-21-35(38-31-11-10-30(25-31)37(34)38)29-14-18-33(19-15-29)49-44-47(61-44)22-8-24-53(47)43(56)40(27(3)4)51-46(58)60-6/h12-21,26-27,30-31,36,39-40,44,49H,7-11,22-25H2,1-6H3,(H,48,54)(H,50,57)(H,51,58)/t30?,31?,36-,39?,40-,44?,47?/m0/s1. The first-order valence-corrected chi connectivity index (χ1v) is 21.8. The van der Waals surface area contributed by atoms with Crippen LogP contribution < -0.4 is 21.3 Å². The number of alkyl carbamates (subject to hydrolysis) is 2. The quantitative estimate of drug-likeness (QED) is 0.138. The van der Waals surface area contributed by atoms with Crippen molar-refractivity contribution in [2.45, 2.75) is 115 Å². The average Bonchev–Trinajstić information content (AvgIpc) is 3.84. The van der Waals surface area contributed by atoms with Crippen LogP contribution in [0.5, 0.6) is 0 Å². The van der Waals surface area contributed by atoms with Crippen molar-refractivity contribution in [3.63, 3.8) is 0 Å². The summed E-state index contributed by atoms with van der Waals surface area (Å²) in [6, 6.07) is 18.8. The van der Waals surface area contributed by atoms with Crippen LogP contribution in [0.2, 0.25) is 0 Å². The molecule has 3 aliphatic heterocycles. The molecule has 2 bridgehead atoms. The number of rotatable bonds is 12. The van der Waals surface area contributed by atoms with Gasteiger partial charge >= 0.3 is 12.2 Å². The Labute approximate surface area is 357 Å². The number of anilines is 2. The summed E-state index contributed by atoms with van der Waals surface area (Å²) in [4.78, 5) is 68.0. The predicted octanol–water partition coefficient (Wildman–Crippen LogP) is 7.16. The van der Waals surface area contributed by atoms with Crippen LogP contribution in [0.3, 0.4) is 0 Å². The number of nitrogens with one attached hydrogen (secondary N) is 4. The SMILES string of the molecule is COC(=O)NC(C(=O)N1CCC[C@H]1C(=O)Nc1ccc(-c2ccc(-c3ccc(NC4OC45CCCN5C(=O)[C@@H](NC(=O)OC)C(C)C)cc3)c3c2C2CCC3C2)cc1)C(C)C. The second-order valence-electron chi connectivity index (χ2n) is 17.8. The van der Waals surface area contributed by atoms with E-state index in [2.05, 4.69) is 69.8 Å². The molecule has 14 nitrogen and oxygen atoms in total. The zero-order chi connectivity index (χ0) is 43.2. The van der Waals surface area contributed by atoms with E-state index in [1.807, 2.05) is 39.8 Å². The molecule has 5 unspecified atom stereocenters. The molecule has 4 fully saturated rings. The Morgan fingerprint density at radius 2 is 1.23 bits per heavy atom. The third kappa shape index (κ3) is 8.02. The third-order valence-corrected chi connectivity index (χ3v) is 13.4. The zero-order valence-corrected chi connectivity index (χ0v) is 35.9. The van der Waals surface area contributed by atoms with Gasteiger partial charge in [0.25, 0.3) is 0 Å². The molecule has 3 aromatic carbocycles. The Kier molecular flexibility index (Phi) is 11.7. The number of methoxy groups -OCH3 is 2. The van der Waals surface area contributed by atoms with Gasteiger partial charge in [-0.05, 0) is 120 Å². The largest absolute Gasteiger partial charge is 0.453 e. The van der Waals surface area contributed by atoms with Gasteiger partial charge < -0.3 is 45.3 Å². The monoisotopic (exact) mass is 834 g/mol. The minimum atomic E-state index is -0.790. The van der Waals surface area contributed by atoms with Crippen LogP contribution in [-0.4, -0.2) is 97.1 Å². The van der Waals surface area contributed by atoms with E-state index < -0.39 is 36.0 Å². The minimum absolute atomic E-state index is 0.119. The molecule has 7 atom stereocenters. The molecule has 4 N–H and O–H groups in total. The molecule has 8 rings (SSSR count). The number of carbonyl (C=O) groups is 5. The molecule has 0 radical (unpaired) electrons. The fourth-order valence-corrected chi connectivity index (χ4v) is 10.2. The zero-order valence-electron chi connectivity index (χ0n) is 35.9. The van der Waals surface area contributed by atoms with Crippen LogP contribution >= 0.6 is 0 Å². The van der Waals surface area contributed by atoms with E-state index in [4.69, 9.17) is 14.2 Å². The molecule has 61 heavy (non-hydrogen) atoms. The molecule has 1 spiro atoms. The fraction of sp³-hybridized carbons (Fsp3) is 0.511. The summed E-state index contributed by atoms with van der Waals surface area (Å²) in [5, 5.41) is 11.9. The maximum Gasteiger partial charge on any atom is 0.407 e. The van der Waals surface area contributed by atoms with E-state index in [9.17, 15) is 24.0 Å². The van der Waals surface area contributed by atoms with Gasteiger partial charge in [-0.1, -0.05) is 64.1 Å². The molecule has 1 saturated carbocycles. The lowest BCUT2D eigenvalue weighted by atomic mass is 9.81. The van der Waals surface area contributed by atoms with Crippen molar-refractivity contribution < 1.29 is 38.2 Å². The van der Waals surface area contributed by atoms with Crippen molar-refractivity contribution in [1.29, 1.82) is 0 Å². The van der Waals surface area contributed by atoms with E-state index in [0.717, 1.165) is 36.1 Å². The highest BCUT2D eigenvalue weighted by atomic mass is 16.7. The topological polar surface area (TPSA) is 171 Å². The van der Waals surface area contributed by atoms with Crippen LogP contribution in [-0.2, 0) is 28.6 Å². The van der Waals surface area contributed by atoms with E-state index in [1.54, 1.807) is 9.80 Å². The predicted molar refractivity (Wildman–Crippen MR) is 231 cm³/mol. The highest BCUT2D eigenvalue weighted by Gasteiger charge is 2.65. The minimum Gasteiger partial charge on any atom is -0.453 e. The van der Waals surface area contributed by atoms with Crippen molar-refractivity contribution in [2.75, 3.05) is 37.9 Å². The van der Waals surface area contributed by atoms with E-state index in [-0.39, 0.29) is 35.8 Å². The Balaban J connectivity index is 0.943. The summed E-state index contributed by atoms with van der Waals surface area (Å²) in [7, 11) is 2.55. The van der Waals surface area contributed by atoms with Gasteiger partial charge in [-0.15, -0.1) is 0 Å². The number of hydrogen-bond donors (Lipinski definition) is 4. The smallest absolute Gasteiger partial charge is 0.407 e. The molecule has 5 aliphatic rings. The van der Waals surface area contributed by atoms with Gasteiger partial charge in [0.1, 0.15) is 18.1 Å². The number of likely N-dealkylation sites (tertiary alicyclic amines) is 2. The molecule has 14 heteroatoms. The normalized spacial score (nSPS) is 24.4. The van der Waals surface area contributed by atoms with E-state index in [1.165, 1.54) is 49.3 Å². The number of nitrogens with zero attached hydrogens (tertiary/aromatic N) is 2. The Bertz CT molecular complexity index is 2180. The molecule has 2 aliphatic carbocycles. The summed E-state index contributed by atoms with van der Waals surface area (Å²) >= 11 is 0. The lowest BCUT2D eigenvalue weighted by Crippen LogP contribution is -2.54. The van der Waals surface area contributed by atoms with Crippen molar-refractivity contribution in [2.24, 2.45) is 11.8 Å². The second-order valence-corrected chi connectivity index (χ2v) is 17.8. The molecule has 3 saturated heterocycles. The van der Waals surface area contributed by atoms with Crippen molar-refractivity contribution in [1.82, 2.24) is 20.4 Å². The van der Waals surface area contributed by atoms with Gasteiger partial charge in [-0.25, -0.2) is 9.59 Å². The maximum atomic E-state index is 13.7. The van der Waals surface area contributed by atoms with Crippen molar-refractivity contribution >= 4 is 41.3 Å². The number of fused-ring (bicyclic) bond motifs is 5. The summed E-state index contributed by atoms with van der Waals surface area (Å²) in [5.74, 6) is 0.0196. The second kappa shape index (κ2) is 17.0. The summed E-state index contributed by atoms with van der Waals surface area (Å²) in [6.07, 6.45) is 4.63. The maximum absolute atomic E-state index is 13.7. The molecular formula is C47H58N6O8. The molecule has 5 amide bonds. The number of ether oxygens (including phenoxy) is 3. The van der Waals surface area contributed by atoms with Crippen LogP contribution in [0.4, 0.5) is 21.0 Å². The van der Waals surface area contributed by atoms with Gasteiger partial charge in [0.15, 0.2) is 12.0 Å². The molecule has 3 heterocycles. The van der Waals surface area contributed by atoms with Gasteiger partial charge in [0.2, 0.25) is 17.7 Å². The summed E-state index contributed by atoms with van der Waals surface area (Å²) < 4.78 is 15.7. The van der Waals surface area contributed by atoms with Gasteiger partial charge in [0.05, 0.1) is 14.2 Å². The van der Waals surface area contributed by atoms with Crippen LogP contribution in [0.25, 0.3) is 22.3 Å². The van der Waals surface area contributed by atoms with Crippen LogP contribution in [0.1, 0.15) is 95.6 Å². The number of amides is 5. The molecular weight excluding hydrogens is 777 g/mol. The number of carbonyl (C=O) groups excluding carboxylic acids is 5.